The van der Waals surface area contributed by atoms with E-state index in [2.05, 4.69) is 9.36 Å². The predicted molar refractivity (Wildman–Crippen MR) is 190 cm³/mol. The molecule has 1 aromatic heterocycles. The maximum absolute atomic E-state index is 15.9. The van der Waals surface area contributed by atoms with Crippen LogP contribution in [0.5, 0.6) is 17.2 Å². The van der Waals surface area contributed by atoms with Gasteiger partial charge in [0.2, 0.25) is 5.13 Å². The molecule has 0 spiro atoms. The molecule has 3 aromatic carbocycles. The first kappa shape index (κ1) is 38.0. The smallest absolute Gasteiger partial charge is 0.410 e. The minimum atomic E-state index is -4.75. The number of carbonyl (C=O) groups is 1. The number of benzene rings is 3. The molecular weight excluding hydrogens is 726 g/mol. The van der Waals surface area contributed by atoms with Crippen LogP contribution in [0.2, 0.25) is 5.02 Å². The van der Waals surface area contributed by atoms with Crippen LogP contribution in [0.4, 0.5) is 18.7 Å². The fraction of sp³-hybridized carbons (Fsp3) is 0.400. The molecule has 274 valence electrons. The second-order valence-electron chi connectivity index (χ2n) is 13.0. The van der Waals surface area contributed by atoms with Gasteiger partial charge in [0.15, 0.2) is 11.6 Å². The van der Waals surface area contributed by atoms with E-state index in [4.69, 9.17) is 30.5 Å². The van der Waals surface area contributed by atoms with Crippen LogP contribution in [-0.2, 0) is 21.3 Å². The molecule has 5 rings (SSSR count). The average Bonchev–Trinajstić information content (AvgIpc) is 3.52. The molecule has 1 fully saturated rings. The summed E-state index contributed by atoms with van der Waals surface area (Å²) < 4.78 is 86.8. The molecule has 0 saturated carbocycles. The molecule has 2 atom stereocenters. The van der Waals surface area contributed by atoms with E-state index >= 15 is 8.78 Å². The van der Waals surface area contributed by atoms with Gasteiger partial charge in [0.25, 0.3) is 10.0 Å². The van der Waals surface area contributed by atoms with Crippen molar-refractivity contribution in [2.45, 2.75) is 57.1 Å². The second-order valence-corrected chi connectivity index (χ2v) is 16.0. The summed E-state index contributed by atoms with van der Waals surface area (Å²) in [5.41, 5.74) is 0.661. The maximum Gasteiger partial charge on any atom is 0.410 e. The predicted octanol–water partition coefficient (Wildman–Crippen LogP) is 7.61. The number of anilines is 1. The van der Waals surface area contributed by atoms with Crippen LogP contribution in [0.25, 0.3) is 0 Å². The number of carbonyl (C=O) groups excluding carboxylic acids is 1. The highest BCUT2D eigenvalue weighted by Crippen LogP contribution is 2.37. The number of amides is 1. The molecule has 1 aliphatic heterocycles. The lowest BCUT2D eigenvalue weighted by atomic mass is 9.81. The molecule has 11 nitrogen and oxygen atoms in total. The Bertz CT molecular complexity index is 1970. The Hall–Kier alpha value is -4.21. The summed E-state index contributed by atoms with van der Waals surface area (Å²) in [6.07, 6.45) is 0.0688. The molecule has 1 amide bonds. The van der Waals surface area contributed by atoms with Crippen LogP contribution in [-0.4, -0.2) is 68.3 Å². The number of rotatable bonds is 11. The minimum Gasteiger partial charge on any atom is -0.497 e. The van der Waals surface area contributed by atoms with Gasteiger partial charge in [-0.25, -0.2) is 31.3 Å². The summed E-state index contributed by atoms with van der Waals surface area (Å²) in [4.78, 5) is 17.8. The molecule has 0 aliphatic carbocycles. The van der Waals surface area contributed by atoms with Crippen molar-refractivity contribution in [1.29, 1.82) is 0 Å². The van der Waals surface area contributed by atoms with Crippen LogP contribution in [0, 0.1) is 24.5 Å². The van der Waals surface area contributed by atoms with Crippen molar-refractivity contribution in [3.05, 3.63) is 88.2 Å². The van der Waals surface area contributed by atoms with Gasteiger partial charge in [-0.3, -0.25) is 0 Å². The number of sulfonamides is 1. The van der Waals surface area contributed by atoms with Crippen molar-refractivity contribution in [2.75, 3.05) is 38.2 Å². The van der Waals surface area contributed by atoms with Gasteiger partial charge in [0.05, 0.1) is 27.4 Å². The Morgan fingerprint density at radius 2 is 1.76 bits per heavy atom. The van der Waals surface area contributed by atoms with E-state index in [0.29, 0.717) is 53.0 Å². The number of nitrogens with zero attached hydrogens (tertiary/aromatic N) is 4. The zero-order valence-corrected chi connectivity index (χ0v) is 31.4. The van der Waals surface area contributed by atoms with Crippen molar-refractivity contribution >= 4 is 44.4 Å². The van der Waals surface area contributed by atoms with Crippen molar-refractivity contribution in [1.82, 2.24) is 14.3 Å². The number of aromatic nitrogens is 2. The van der Waals surface area contributed by atoms with E-state index in [0.717, 1.165) is 21.4 Å². The third-order valence-electron chi connectivity index (χ3n) is 8.23. The van der Waals surface area contributed by atoms with Crippen molar-refractivity contribution in [3.63, 3.8) is 0 Å². The van der Waals surface area contributed by atoms with E-state index in [1.165, 1.54) is 14.2 Å². The van der Waals surface area contributed by atoms with Gasteiger partial charge in [0.1, 0.15) is 33.6 Å². The SMILES string of the molecule is COc1ccc(CN(c2nc(C)ns2)S(=O)(=O)c2cc(F)c(OC[C@@H]3CN(C(=O)OC(C)(C)C)CC[C@H]3c3ccc(Cl)cc3)cc2F)c(OC)c1. The molecule has 16 heteroatoms. The van der Waals surface area contributed by atoms with Gasteiger partial charge in [-0.2, -0.15) is 4.37 Å². The number of ether oxygens (including phenoxy) is 4. The molecule has 1 saturated heterocycles. The van der Waals surface area contributed by atoms with Crippen LogP contribution in [0.1, 0.15) is 50.1 Å². The van der Waals surface area contributed by atoms with Crippen molar-refractivity contribution < 1.29 is 40.9 Å². The Labute approximate surface area is 305 Å². The third-order valence-corrected chi connectivity index (χ3v) is 11.2. The molecule has 1 aliphatic rings. The van der Waals surface area contributed by atoms with Crippen molar-refractivity contribution in [3.8, 4) is 17.2 Å². The molecule has 0 radical (unpaired) electrons. The van der Waals surface area contributed by atoms with Gasteiger partial charge in [-0.1, -0.05) is 23.7 Å². The lowest BCUT2D eigenvalue weighted by Crippen LogP contribution is -2.46. The largest absolute Gasteiger partial charge is 0.497 e. The summed E-state index contributed by atoms with van der Waals surface area (Å²) in [6.45, 7) is 7.12. The molecule has 51 heavy (non-hydrogen) atoms. The van der Waals surface area contributed by atoms with Gasteiger partial charge in [0, 0.05) is 59.3 Å². The van der Waals surface area contributed by atoms with Gasteiger partial charge in [-0.05, 0) is 69.9 Å². The maximum atomic E-state index is 15.9. The monoisotopic (exact) mass is 764 g/mol. The van der Waals surface area contributed by atoms with Crippen LogP contribution < -0.4 is 18.5 Å². The number of aryl methyl sites for hydroxylation is 1. The zero-order valence-electron chi connectivity index (χ0n) is 29.0. The molecule has 0 unspecified atom stereocenters. The average molecular weight is 765 g/mol. The normalized spacial score (nSPS) is 16.5. The Morgan fingerprint density at radius 3 is 2.39 bits per heavy atom. The molecule has 0 N–H and O–H groups in total. The molecule has 0 bridgehead atoms. The molecular formula is C35H39ClF2N4O7S2. The van der Waals surface area contributed by atoms with E-state index in [1.807, 2.05) is 12.1 Å². The summed E-state index contributed by atoms with van der Waals surface area (Å²) >= 11 is 6.91. The highest BCUT2D eigenvalue weighted by atomic mass is 35.5. The topological polar surface area (TPSA) is 120 Å². The number of hydrogen-bond acceptors (Lipinski definition) is 10. The Morgan fingerprint density at radius 1 is 1.04 bits per heavy atom. The van der Waals surface area contributed by atoms with Crippen LogP contribution >= 0.6 is 23.1 Å². The van der Waals surface area contributed by atoms with E-state index in [-0.39, 0.29) is 36.7 Å². The number of hydrogen-bond donors (Lipinski definition) is 0. The number of halogens is 3. The third kappa shape index (κ3) is 9.00. The summed E-state index contributed by atoms with van der Waals surface area (Å²) in [5, 5.41) is 0.513. The van der Waals surface area contributed by atoms with Crippen LogP contribution in [0.15, 0.2) is 59.5 Å². The van der Waals surface area contributed by atoms with Gasteiger partial charge in [-0.15, -0.1) is 0 Å². The zero-order chi connectivity index (χ0) is 37.1. The summed E-state index contributed by atoms with van der Waals surface area (Å²) in [7, 11) is -1.86. The summed E-state index contributed by atoms with van der Waals surface area (Å²) in [5.74, 6) is -2.16. The first-order valence-electron chi connectivity index (χ1n) is 16.0. The fourth-order valence-electron chi connectivity index (χ4n) is 5.76. The Balaban J connectivity index is 1.42. The number of likely N-dealkylation sites (tertiary alicyclic amines) is 1. The minimum absolute atomic E-state index is 0.0504. The lowest BCUT2D eigenvalue weighted by molar-refractivity contribution is 0.0110. The van der Waals surface area contributed by atoms with Crippen molar-refractivity contribution in [2.24, 2.45) is 5.92 Å². The molecule has 2 heterocycles. The molecule has 4 aromatic rings. The lowest BCUT2D eigenvalue weighted by Gasteiger charge is -2.39. The van der Waals surface area contributed by atoms with E-state index in [1.54, 1.807) is 62.9 Å². The highest BCUT2D eigenvalue weighted by molar-refractivity contribution is 7.93. The van der Waals surface area contributed by atoms with E-state index < -0.39 is 44.0 Å². The second kappa shape index (κ2) is 15.6. The highest BCUT2D eigenvalue weighted by Gasteiger charge is 2.36. The first-order valence-corrected chi connectivity index (χ1v) is 18.6. The summed E-state index contributed by atoms with van der Waals surface area (Å²) in [6, 6.07) is 13.4. The first-order chi connectivity index (χ1) is 24.1. The van der Waals surface area contributed by atoms with Gasteiger partial charge >= 0.3 is 6.09 Å². The fourth-order valence-corrected chi connectivity index (χ4v) is 8.21. The Kier molecular flexibility index (Phi) is 11.6. The van der Waals surface area contributed by atoms with Crippen LogP contribution in [0.3, 0.4) is 0 Å². The van der Waals surface area contributed by atoms with Gasteiger partial charge < -0.3 is 23.8 Å². The standard InChI is InChI=1S/C35H39ClF2N4O7S2/c1-21-39-33(50-40-21)42(19-23-9-12-26(46-5)15-30(23)47-6)51(44,45)32-17-28(37)31(16-29(32)38)48-20-24-18-41(34(43)49-35(2,3)4)14-13-27(24)22-7-10-25(36)11-8-22/h7-12,15-17,24,27H,13-14,18-20H2,1-6H3/t24-,27-/m0/s1. The quantitative estimate of drug-likeness (QED) is 0.152. The number of piperidine rings is 1. The van der Waals surface area contributed by atoms with E-state index in [9.17, 15) is 13.2 Å². The number of methoxy groups -OCH3 is 2.